The van der Waals surface area contributed by atoms with Gasteiger partial charge in [0.1, 0.15) is 5.82 Å². The van der Waals surface area contributed by atoms with E-state index in [1.54, 1.807) is 10.9 Å². The monoisotopic (exact) mass is 358 g/mol. The molecular formula is C13H13BrClFN4. The van der Waals surface area contributed by atoms with E-state index in [0.29, 0.717) is 21.7 Å². The summed E-state index contributed by atoms with van der Waals surface area (Å²) >= 11 is 9.35. The first-order valence-electron chi connectivity index (χ1n) is 6.40. The second-order valence-electron chi connectivity index (χ2n) is 4.95. The summed E-state index contributed by atoms with van der Waals surface area (Å²) in [6, 6.07) is 2.61. The zero-order chi connectivity index (χ0) is 14.1. The maximum absolute atomic E-state index is 13.2. The molecule has 1 fully saturated rings. The Morgan fingerprint density at radius 2 is 2.25 bits per heavy atom. The maximum Gasteiger partial charge on any atom is 0.125 e. The lowest BCUT2D eigenvalue weighted by Crippen LogP contribution is -2.16. The zero-order valence-corrected chi connectivity index (χ0v) is 13.0. The van der Waals surface area contributed by atoms with Gasteiger partial charge in [0.05, 0.1) is 22.6 Å². The van der Waals surface area contributed by atoms with Crippen LogP contribution in [0.5, 0.6) is 0 Å². The van der Waals surface area contributed by atoms with Crippen molar-refractivity contribution in [1.82, 2.24) is 20.3 Å². The maximum atomic E-state index is 13.2. The molecule has 1 aromatic carbocycles. The lowest BCUT2D eigenvalue weighted by Gasteiger charge is -2.06. The molecule has 1 N–H and O–H groups in total. The smallest absolute Gasteiger partial charge is 0.125 e. The Morgan fingerprint density at radius 3 is 2.95 bits per heavy atom. The largest absolute Gasteiger partial charge is 0.311 e. The molecule has 0 amide bonds. The summed E-state index contributed by atoms with van der Waals surface area (Å²) in [5.41, 5.74) is 1.42. The van der Waals surface area contributed by atoms with Crippen LogP contribution < -0.4 is 5.32 Å². The van der Waals surface area contributed by atoms with Crippen molar-refractivity contribution in [1.29, 1.82) is 0 Å². The number of nitrogens with one attached hydrogen (secondary N) is 1. The SMILES string of the molecule is Fc1cc(Cl)c(-n2cc(CNCC3CC3)nn2)c(Br)c1. The summed E-state index contributed by atoms with van der Waals surface area (Å²) in [5, 5.41) is 11.8. The number of halogens is 3. The highest BCUT2D eigenvalue weighted by Gasteiger charge is 2.20. The van der Waals surface area contributed by atoms with Gasteiger partial charge in [-0.25, -0.2) is 9.07 Å². The van der Waals surface area contributed by atoms with Gasteiger partial charge in [0.2, 0.25) is 0 Å². The predicted molar refractivity (Wildman–Crippen MR) is 78.5 cm³/mol. The lowest BCUT2D eigenvalue weighted by atomic mass is 10.3. The quantitative estimate of drug-likeness (QED) is 0.890. The van der Waals surface area contributed by atoms with Gasteiger partial charge < -0.3 is 5.32 Å². The Hall–Kier alpha value is -0.980. The normalized spacial score (nSPS) is 14.8. The first kappa shape index (κ1) is 14.0. The summed E-state index contributed by atoms with van der Waals surface area (Å²) in [4.78, 5) is 0. The predicted octanol–water partition coefficient (Wildman–Crippen LogP) is 3.32. The van der Waals surface area contributed by atoms with E-state index in [-0.39, 0.29) is 0 Å². The zero-order valence-electron chi connectivity index (χ0n) is 10.6. The highest BCUT2D eigenvalue weighted by molar-refractivity contribution is 9.10. The molecule has 1 heterocycles. The average molecular weight is 360 g/mol. The lowest BCUT2D eigenvalue weighted by molar-refractivity contribution is 0.625. The van der Waals surface area contributed by atoms with Crippen molar-refractivity contribution in [3.05, 3.63) is 39.3 Å². The van der Waals surface area contributed by atoms with E-state index >= 15 is 0 Å². The third-order valence-electron chi connectivity index (χ3n) is 3.19. The number of nitrogens with zero attached hydrogens (tertiary/aromatic N) is 3. The molecule has 0 atom stereocenters. The molecule has 20 heavy (non-hydrogen) atoms. The number of hydrogen-bond donors (Lipinski definition) is 1. The Kier molecular flexibility index (Phi) is 4.05. The van der Waals surface area contributed by atoms with Crippen molar-refractivity contribution >= 4 is 27.5 Å². The summed E-state index contributed by atoms with van der Waals surface area (Å²) in [6.07, 6.45) is 4.43. The van der Waals surface area contributed by atoms with Crippen LogP contribution in [-0.2, 0) is 6.54 Å². The second-order valence-corrected chi connectivity index (χ2v) is 6.21. The van der Waals surface area contributed by atoms with E-state index in [0.717, 1.165) is 18.2 Å². The first-order valence-corrected chi connectivity index (χ1v) is 7.57. The fraction of sp³-hybridized carbons (Fsp3) is 0.385. The molecule has 1 saturated carbocycles. The van der Waals surface area contributed by atoms with Gasteiger partial charge in [-0.15, -0.1) is 5.10 Å². The van der Waals surface area contributed by atoms with Gasteiger partial charge in [0.15, 0.2) is 0 Å². The van der Waals surface area contributed by atoms with Crippen molar-refractivity contribution in [2.24, 2.45) is 5.92 Å². The summed E-state index contributed by atoms with van der Waals surface area (Å²) in [6.45, 7) is 1.70. The van der Waals surface area contributed by atoms with Crippen molar-refractivity contribution in [3.8, 4) is 5.69 Å². The van der Waals surface area contributed by atoms with E-state index < -0.39 is 5.82 Å². The minimum absolute atomic E-state index is 0.291. The third kappa shape index (κ3) is 3.19. The Labute approximate surface area is 129 Å². The molecule has 1 aliphatic carbocycles. The molecule has 0 spiro atoms. The minimum atomic E-state index is -0.392. The standard InChI is InChI=1S/C13H13BrClFN4/c14-11-3-9(16)4-12(15)13(11)20-7-10(18-19-20)6-17-5-8-1-2-8/h3-4,7-8,17H,1-2,5-6H2. The van der Waals surface area contributed by atoms with Gasteiger partial charge in [0.25, 0.3) is 0 Å². The molecule has 4 nitrogen and oxygen atoms in total. The Bertz CT molecular complexity index is 604. The van der Waals surface area contributed by atoms with Crippen LogP contribution >= 0.6 is 27.5 Å². The molecule has 1 aliphatic rings. The van der Waals surface area contributed by atoms with E-state index in [1.807, 2.05) is 0 Å². The van der Waals surface area contributed by atoms with Crippen molar-refractivity contribution in [2.45, 2.75) is 19.4 Å². The third-order valence-corrected chi connectivity index (χ3v) is 4.08. The fourth-order valence-corrected chi connectivity index (χ4v) is 2.99. The Morgan fingerprint density at radius 1 is 1.45 bits per heavy atom. The molecule has 106 valence electrons. The van der Waals surface area contributed by atoms with Crippen LogP contribution in [0.4, 0.5) is 4.39 Å². The van der Waals surface area contributed by atoms with Gasteiger partial charge in [-0.1, -0.05) is 16.8 Å². The van der Waals surface area contributed by atoms with Crippen LogP contribution in [-0.4, -0.2) is 21.5 Å². The van der Waals surface area contributed by atoms with E-state index in [1.165, 1.54) is 25.0 Å². The number of rotatable bonds is 5. The van der Waals surface area contributed by atoms with Gasteiger partial charge in [-0.3, -0.25) is 0 Å². The molecule has 7 heteroatoms. The second kappa shape index (κ2) is 5.79. The van der Waals surface area contributed by atoms with Crippen LogP contribution in [0.2, 0.25) is 5.02 Å². The topological polar surface area (TPSA) is 42.7 Å². The fourth-order valence-electron chi connectivity index (χ4n) is 1.97. The van der Waals surface area contributed by atoms with Gasteiger partial charge >= 0.3 is 0 Å². The van der Waals surface area contributed by atoms with Crippen molar-refractivity contribution in [3.63, 3.8) is 0 Å². The highest BCUT2D eigenvalue weighted by atomic mass is 79.9. The first-order chi connectivity index (χ1) is 9.63. The summed E-state index contributed by atoms with van der Waals surface area (Å²) in [5.74, 6) is 0.433. The van der Waals surface area contributed by atoms with Crippen LogP contribution in [0.25, 0.3) is 5.69 Å². The minimum Gasteiger partial charge on any atom is -0.311 e. The van der Waals surface area contributed by atoms with E-state index in [2.05, 4.69) is 31.6 Å². The van der Waals surface area contributed by atoms with Crippen LogP contribution in [0, 0.1) is 11.7 Å². The van der Waals surface area contributed by atoms with Crippen LogP contribution in [0.15, 0.2) is 22.8 Å². The summed E-state index contributed by atoms with van der Waals surface area (Å²) < 4.78 is 15.3. The van der Waals surface area contributed by atoms with Gasteiger partial charge in [0, 0.05) is 11.0 Å². The average Bonchev–Trinajstić information content (AvgIpc) is 3.07. The highest BCUT2D eigenvalue weighted by Crippen LogP contribution is 2.30. The van der Waals surface area contributed by atoms with Crippen molar-refractivity contribution in [2.75, 3.05) is 6.54 Å². The molecule has 3 rings (SSSR count). The number of aromatic nitrogens is 3. The molecule has 1 aromatic heterocycles. The van der Waals surface area contributed by atoms with Crippen LogP contribution in [0.3, 0.4) is 0 Å². The van der Waals surface area contributed by atoms with Crippen molar-refractivity contribution < 1.29 is 4.39 Å². The molecule has 0 aliphatic heterocycles. The molecule has 0 saturated heterocycles. The van der Waals surface area contributed by atoms with Crippen LogP contribution in [0.1, 0.15) is 18.5 Å². The van der Waals surface area contributed by atoms with E-state index in [4.69, 9.17) is 11.6 Å². The molecule has 0 unspecified atom stereocenters. The van der Waals surface area contributed by atoms with Gasteiger partial charge in [-0.2, -0.15) is 0 Å². The van der Waals surface area contributed by atoms with Gasteiger partial charge in [-0.05, 0) is 53.4 Å². The number of hydrogen-bond acceptors (Lipinski definition) is 3. The van der Waals surface area contributed by atoms with E-state index in [9.17, 15) is 4.39 Å². The molecule has 2 aromatic rings. The summed E-state index contributed by atoms with van der Waals surface area (Å²) in [7, 11) is 0. The Balaban J connectivity index is 1.75. The molecular weight excluding hydrogens is 347 g/mol. The number of benzene rings is 1. The molecule has 0 bridgehead atoms. The molecule has 0 radical (unpaired) electrons.